The van der Waals surface area contributed by atoms with Crippen LogP contribution in [0.4, 0.5) is 0 Å². The third-order valence-corrected chi connectivity index (χ3v) is 5.92. The number of benzene rings is 1. The van der Waals surface area contributed by atoms with E-state index in [4.69, 9.17) is 8.94 Å². The van der Waals surface area contributed by atoms with Crippen LogP contribution < -0.4 is 5.32 Å². The number of aromatic nitrogens is 4. The van der Waals surface area contributed by atoms with Crippen LogP contribution in [0.25, 0.3) is 22.8 Å². The van der Waals surface area contributed by atoms with Crippen LogP contribution in [0.3, 0.4) is 0 Å². The fraction of sp³-hybridized carbons (Fsp3) is 0.174. The molecule has 0 radical (unpaired) electrons. The third kappa shape index (κ3) is 3.51. The maximum Gasteiger partial charge on any atom is 0.262 e. The average molecular weight is 472 g/mol. The van der Waals surface area contributed by atoms with Crippen LogP contribution in [0.15, 0.2) is 57.8 Å². The molecule has 35 heavy (non-hydrogen) atoms. The molecule has 1 atom stereocenters. The zero-order chi connectivity index (χ0) is 24.1. The van der Waals surface area contributed by atoms with Gasteiger partial charge in [0.2, 0.25) is 17.6 Å². The minimum Gasteiger partial charge on any atom is -0.461 e. The van der Waals surface area contributed by atoms with Crippen molar-refractivity contribution < 1.29 is 28.1 Å². The Bertz CT molecular complexity index is 1500. The number of imide groups is 2. The fourth-order valence-electron chi connectivity index (χ4n) is 4.23. The summed E-state index contributed by atoms with van der Waals surface area (Å²) < 4.78 is 12.2. The van der Waals surface area contributed by atoms with E-state index in [1.165, 1.54) is 6.07 Å². The van der Waals surface area contributed by atoms with Gasteiger partial charge in [-0.05, 0) is 30.7 Å². The van der Waals surface area contributed by atoms with E-state index >= 15 is 0 Å². The first-order valence-corrected chi connectivity index (χ1v) is 10.7. The summed E-state index contributed by atoms with van der Waals surface area (Å²) in [7, 11) is 0. The fourth-order valence-corrected chi connectivity index (χ4v) is 4.23. The standard InChI is InChI=1S/C23H16N6O6/c30-20-6-5-17(21(31)24-20)29-22(32)14-4-3-12(8-15(14)23(29)33)16-11-28(27-25-16)10-13-9-19(35-26-13)18-2-1-7-34-18/h1-4,7-9,11,17H,5-6,10H2,(H,24,30,31). The van der Waals surface area contributed by atoms with Crippen LogP contribution in [0.1, 0.15) is 39.3 Å². The molecule has 5 heterocycles. The highest BCUT2D eigenvalue weighted by molar-refractivity contribution is 6.23. The number of nitrogens with zero attached hydrogens (tertiary/aromatic N) is 5. The van der Waals surface area contributed by atoms with Gasteiger partial charge in [0.15, 0.2) is 5.76 Å². The molecule has 3 aromatic heterocycles. The highest BCUT2D eigenvalue weighted by Gasteiger charge is 2.44. The summed E-state index contributed by atoms with van der Waals surface area (Å²) in [5, 5.41) is 14.5. The van der Waals surface area contributed by atoms with Crippen LogP contribution >= 0.6 is 0 Å². The van der Waals surface area contributed by atoms with Gasteiger partial charge in [-0.2, -0.15) is 0 Å². The molecule has 0 bridgehead atoms. The molecule has 0 saturated carbocycles. The first-order chi connectivity index (χ1) is 17.0. The van der Waals surface area contributed by atoms with E-state index in [0.29, 0.717) is 35.0 Å². The lowest BCUT2D eigenvalue weighted by molar-refractivity contribution is -0.136. The summed E-state index contributed by atoms with van der Waals surface area (Å²) in [5.74, 6) is -1.16. The van der Waals surface area contributed by atoms with Crippen molar-refractivity contribution in [2.24, 2.45) is 0 Å². The smallest absolute Gasteiger partial charge is 0.262 e. The van der Waals surface area contributed by atoms with Gasteiger partial charge < -0.3 is 8.94 Å². The summed E-state index contributed by atoms with van der Waals surface area (Å²) in [6.07, 6.45) is 3.39. The van der Waals surface area contributed by atoms with Gasteiger partial charge in [-0.25, -0.2) is 4.68 Å². The predicted octanol–water partition coefficient (Wildman–Crippen LogP) is 1.64. The lowest BCUT2D eigenvalue weighted by Gasteiger charge is -2.27. The number of hydrogen-bond acceptors (Lipinski definition) is 9. The first kappa shape index (κ1) is 20.7. The molecule has 6 rings (SSSR count). The molecule has 4 aromatic rings. The summed E-state index contributed by atoms with van der Waals surface area (Å²) in [5.41, 5.74) is 2.05. The minimum absolute atomic E-state index is 0.0622. The van der Waals surface area contributed by atoms with Crippen molar-refractivity contribution in [3.63, 3.8) is 0 Å². The Balaban J connectivity index is 1.22. The molecule has 0 spiro atoms. The van der Waals surface area contributed by atoms with Crippen molar-refractivity contribution in [2.45, 2.75) is 25.4 Å². The van der Waals surface area contributed by atoms with E-state index in [1.807, 2.05) is 0 Å². The molecule has 2 aliphatic heterocycles. The Hall–Kier alpha value is -4.87. The molecule has 1 unspecified atom stereocenters. The Morgan fingerprint density at radius 3 is 2.69 bits per heavy atom. The number of nitrogens with one attached hydrogen (secondary N) is 1. The van der Waals surface area contributed by atoms with Gasteiger partial charge >= 0.3 is 0 Å². The van der Waals surface area contributed by atoms with E-state index in [-0.39, 0.29) is 24.0 Å². The number of amides is 4. The molecule has 2 aliphatic rings. The summed E-state index contributed by atoms with van der Waals surface area (Å²) in [6, 6.07) is 8.99. The lowest BCUT2D eigenvalue weighted by Crippen LogP contribution is -2.54. The number of carbonyl (C=O) groups excluding carboxylic acids is 4. The molecule has 12 heteroatoms. The van der Waals surface area contributed by atoms with Gasteiger partial charge in [-0.15, -0.1) is 5.10 Å². The summed E-state index contributed by atoms with van der Waals surface area (Å²) in [6.45, 7) is 0.294. The van der Waals surface area contributed by atoms with E-state index in [0.717, 1.165) is 4.90 Å². The van der Waals surface area contributed by atoms with Gasteiger partial charge in [0.1, 0.15) is 17.4 Å². The Morgan fingerprint density at radius 1 is 1.03 bits per heavy atom. The Morgan fingerprint density at radius 2 is 1.89 bits per heavy atom. The second kappa shape index (κ2) is 7.87. The van der Waals surface area contributed by atoms with Gasteiger partial charge in [0, 0.05) is 18.1 Å². The molecular weight excluding hydrogens is 456 g/mol. The second-order valence-electron chi connectivity index (χ2n) is 8.17. The number of furan rings is 1. The van der Waals surface area contributed by atoms with Gasteiger partial charge in [0.05, 0.1) is 30.1 Å². The molecular formula is C23H16N6O6. The lowest BCUT2D eigenvalue weighted by atomic mass is 10.0. The molecule has 1 N–H and O–H groups in total. The van der Waals surface area contributed by atoms with Crippen molar-refractivity contribution in [1.29, 1.82) is 0 Å². The van der Waals surface area contributed by atoms with Crippen molar-refractivity contribution in [1.82, 2.24) is 30.4 Å². The largest absolute Gasteiger partial charge is 0.461 e. The van der Waals surface area contributed by atoms with Crippen molar-refractivity contribution in [3.8, 4) is 22.8 Å². The monoisotopic (exact) mass is 472 g/mol. The molecule has 1 fully saturated rings. The summed E-state index contributed by atoms with van der Waals surface area (Å²) >= 11 is 0. The van der Waals surface area contributed by atoms with E-state index < -0.39 is 29.7 Å². The van der Waals surface area contributed by atoms with Crippen LogP contribution in [-0.2, 0) is 16.1 Å². The summed E-state index contributed by atoms with van der Waals surface area (Å²) in [4.78, 5) is 50.5. The van der Waals surface area contributed by atoms with Crippen molar-refractivity contribution in [2.75, 3.05) is 0 Å². The van der Waals surface area contributed by atoms with E-state index in [9.17, 15) is 19.2 Å². The average Bonchev–Trinajstić information content (AvgIpc) is 3.64. The third-order valence-electron chi connectivity index (χ3n) is 5.92. The van der Waals surface area contributed by atoms with Gasteiger partial charge in [0.25, 0.3) is 11.8 Å². The molecule has 1 aromatic carbocycles. The number of fused-ring (bicyclic) bond motifs is 1. The topological polar surface area (TPSA) is 153 Å². The van der Waals surface area contributed by atoms with Crippen LogP contribution in [0.2, 0.25) is 0 Å². The molecule has 0 aliphatic carbocycles. The zero-order valence-electron chi connectivity index (χ0n) is 18.0. The second-order valence-corrected chi connectivity index (χ2v) is 8.17. The highest BCUT2D eigenvalue weighted by atomic mass is 16.5. The minimum atomic E-state index is -1.02. The number of rotatable bonds is 5. The highest BCUT2D eigenvalue weighted by Crippen LogP contribution is 2.30. The Labute approximate surface area is 196 Å². The quantitative estimate of drug-likeness (QED) is 0.427. The van der Waals surface area contributed by atoms with E-state index in [2.05, 4.69) is 20.8 Å². The molecule has 12 nitrogen and oxygen atoms in total. The first-order valence-electron chi connectivity index (χ1n) is 10.7. The van der Waals surface area contributed by atoms with Gasteiger partial charge in [-0.1, -0.05) is 16.4 Å². The molecule has 174 valence electrons. The van der Waals surface area contributed by atoms with E-state index in [1.54, 1.807) is 47.5 Å². The maximum atomic E-state index is 13.0. The van der Waals surface area contributed by atoms with Crippen LogP contribution in [-0.4, -0.2) is 54.7 Å². The molecule has 4 amide bonds. The SMILES string of the molecule is O=C1CCC(N2C(=O)c3ccc(-c4cn(Cc5cc(-c6ccco6)on5)nn4)cc3C2=O)C(=O)N1. The number of carbonyl (C=O) groups is 4. The molecule has 1 saturated heterocycles. The normalized spacial score (nSPS) is 17.7. The zero-order valence-corrected chi connectivity index (χ0v) is 18.0. The maximum absolute atomic E-state index is 13.0. The predicted molar refractivity (Wildman–Crippen MR) is 115 cm³/mol. The Kier molecular flexibility index (Phi) is 4.66. The van der Waals surface area contributed by atoms with Gasteiger partial charge in [-0.3, -0.25) is 29.4 Å². The van der Waals surface area contributed by atoms with Crippen molar-refractivity contribution >= 4 is 23.6 Å². The van der Waals surface area contributed by atoms with Crippen LogP contribution in [0.5, 0.6) is 0 Å². The van der Waals surface area contributed by atoms with Crippen LogP contribution in [0, 0.1) is 0 Å². The number of piperidine rings is 1. The van der Waals surface area contributed by atoms with Crippen molar-refractivity contribution in [3.05, 3.63) is 65.7 Å². The number of hydrogen-bond donors (Lipinski definition) is 1.